The molecule has 3 N–H and O–H groups in total. The lowest BCUT2D eigenvalue weighted by atomic mass is 9.94. The number of methoxy groups -OCH3 is 1. The third kappa shape index (κ3) is 5.92. The van der Waals surface area contributed by atoms with Gasteiger partial charge in [0, 0.05) is 22.6 Å². The molecule has 1 aliphatic rings. The molecule has 1 atom stereocenters. The van der Waals surface area contributed by atoms with Gasteiger partial charge in [-0.25, -0.2) is 0 Å². The first-order chi connectivity index (χ1) is 16.5. The molecule has 7 heteroatoms. The zero-order chi connectivity index (χ0) is 23.9. The Labute approximate surface area is 207 Å². The number of amides is 2. The molecule has 0 aromatic heterocycles. The standard InChI is InChI=1S/C27H26BrN3O3/c1-34-22-11-9-18(10-12-22)15-24(31-26(32)20-6-4-7-21(28)16-20)27(33)30-17-25-23-8-3-2-5-19(23)13-14-29-25/h2-12,15-16,25,29H,13-14,17H2,1H3,(H,30,33)(H,31,32)/b24-15-/t25-/m0/s1. The Hall–Kier alpha value is -3.42. The van der Waals surface area contributed by atoms with Crippen LogP contribution in [0.5, 0.6) is 5.75 Å². The van der Waals surface area contributed by atoms with Gasteiger partial charge in [-0.1, -0.05) is 58.4 Å². The van der Waals surface area contributed by atoms with E-state index >= 15 is 0 Å². The molecule has 1 heterocycles. The molecule has 0 bridgehead atoms. The second kappa shape index (κ2) is 11.1. The minimum atomic E-state index is -0.364. The second-order valence-corrected chi connectivity index (χ2v) is 8.88. The van der Waals surface area contributed by atoms with Gasteiger partial charge in [0.2, 0.25) is 0 Å². The first-order valence-electron chi connectivity index (χ1n) is 11.1. The van der Waals surface area contributed by atoms with Crippen LogP contribution in [0.15, 0.2) is 83.0 Å². The molecular formula is C27H26BrN3O3. The van der Waals surface area contributed by atoms with Crippen molar-refractivity contribution in [1.82, 2.24) is 16.0 Å². The van der Waals surface area contributed by atoms with Crippen molar-refractivity contribution < 1.29 is 14.3 Å². The largest absolute Gasteiger partial charge is 0.497 e. The Bertz CT molecular complexity index is 1210. The smallest absolute Gasteiger partial charge is 0.267 e. The van der Waals surface area contributed by atoms with Crippen LogP contribution in [0.25, 0.3) is 6.08 Å². The van der Waals surface area contributed by atoms with E-state index < -0.39 is 0 Å². The molecule has 0 aliphatic carbocycles. The first-order valence-corrected chi connectivity index (χ1v) is 11.8. The molecule has 3 aromatic carbocycles. The molecule has 2 amide bonds. The summed E-state index contributed by atoms with van der Waals surface area (Å²) >= 11 is 3.38. The summed E-state index contributed by atoms with van der Waals surface area (Å²) < 4.78 is 5.99. The molecule has 34 heavy (non-hydrogen) atoms. The molecule has 0 unspecified atom stereocenters. The number of carbonyl (C=O) groups is 2. The van der Waals surface area contributed by atoms with E-state index in [2.05, 4.69) is 44.0 Å². The minimum absolute atomic E-state index is 0.0110. The van der Waals surface area contributed by atoms with Crippen molar-refractivity contribution in [1.29, 1.82) is 0 Å². The van der Waals surface area contributed by atoms with E-state index in [4.69, 9.17) is 4.74 Å². The Morgan fingerprint density at radius 3 is 2.65 bits per heavy atom. The number of halogens is 1. The maximum absolute atomic E-state index is 13.2. The maximum Gasteiger partial charge on any atom is 0.267 e. The van der Waals surface area contributed by atoms with Crippen LogP contribution in [-0.4, -0.2) is 32.0 Å². The Morgan fingerprint density at radius 2 is 1.88 bits per heavy atom. The monoisotopic (exact) mass is 519 g/mol. The quantitative estimate of drug-likeness (QED) is 0.408. The van der Waals surface area contributed by atoms with Crippen LogP contribution < -0.4 is 20.7 Å². The number of hydrogen-bond acceptors (Lipinski definition) is 4. The normalized spacial score (nSPS) is 15.2. The van der Waals surface area contributed by atoms with E-state index in [1.807, 2.05) is 30.3 Å². The molecule has 0 fully saturated rings. The molecule has 3 aromatic rings. The number of carbonyl (C=O) groups excluding carboxylic acids is 2. The molecule has 0 saturated carbocycles. The van der Waals surface area contributed by atoms with E-state index in [1.54, 1.807) is 43.5 Å². The van der Waals surface area contributed by atoms with E-state index in [9.17, 15) is 9.59 Å². The molecule has 6 nitrogen and oxygen atoms in total. The number of benzene rings is 3. The summed E-state index contributed by atoms with van der Waals surface area (Å²) in [4.78, 5) is 26.1. The highest BCUT2D eigenvalue weighted by atomic mass is 79.9. The summed E-state index contributed by atoms with van der Waals surface area (Å²) in [5.41, 5.74) is 3.86. The van der Waals surface area contributed by atoms with Crippen LogP contribution in [0.2, 0.25) is 0 Å². The lowest BCUT2D eigenvalue weighted by molar-refractivity contribution is -0.117. The van der Waals surface area contributed by atoms with Gasteiger partial charge < -0.3 is 20.7 Å². The van der Waals surface area contributed by atoms with Crippen molar-refractivity contribution >= 4 is 33.8 Å². The summed E-state index contributed by atoms with van der Waals surface area (Å²) in [6.07, 6.45) is 2.62. The average Bonchev–Trinajstić information content (AvgIpc) is 2.87. The van der Waals surface area contributed by atoms with Crippen molar-refractivity contribution in [2.45, 2.75) is 12.5 Å². The van der Waals surface area contributed by atoms with Crippen LogP contribution in [-0.2, 0) is 11.2 Å². The summed E-state index contributed by atoms with van der Waals surface area (Å²) in [6, 6.07) is 22.6. The van der Waals surface area contributed by atoms with Crippen molar-refractivity contribution in [2.24, 2.45) is 0 Å². The van der Waals surface area contributed by atoms with Crippen LogP contribution in [0.3, 0.4) is 0 Å². The third-order valence-electron chi connectivity index (χ3n) is 5.69. The number of rotatable bonds is 7. The summed E-state index contributed by atoms with van der Waals surface area (Å²) in [7, 11) is 1.60. The summed E-state index contributed by atoms with van der Waals surface area (Å²) in [5.74, 6) is -0.00951. The van der Waals surface area contributed by atoms with Crippen molar-refractivity contribution in [3.8, 4) is 5.75 Å². The van der Waals surface area contributed by atoms with Crippen molar-refractivity contribution in [3.05, 3.63) is 105 Å². The Morgan fingerprint density at radius 1 is 1.09 bits per heavy atom. The number of fused-ring (bicyclic) bond motifs is 1. The average molecular weight is 520 g/mol. The van der Waals surface area contributed by atoms with Gasteiger partial charge in [-0.2, -0.15) is 0 Å². The summed E-state index contributed by atoms with van der Waals surface area (Å²) in [5, 5.41) is 9.23. The van der Waals surface area contributed by atoms with Crippen molar-refractivity contribution in [2.75, 3.05) is 20.2 Å². The molecule has 0 radical (unpaired) electrons. The lowest BCUT2D eigenvalue weighted by Gasteiger charge is -2.27. The van der Waals surface area contributed by atoms with Crippen LogP contribution in [0.1, 0.15) is 33.1 Å². The minimum Gasteiger partial charge on any atom is -0.497 e. The molecule has 0 saturated heterocycles. The number of nitrogens with one attached hydrogen (secondary N) is 3. The van der Waals surface area contributed by atoms with Gasteiger partial charge in [-0.3, -0.25) is 9.59 Å². The SMILES string of the molecule is COc1ccc(/C=C(\NC(=O)c2cccc(Br)c2)C(=O)NC[C@@H]2NCCc3ccccc32)cc1. The van der Waals surface area contributed by atoms with Gasteiger partial charge in [0.05, 0.1) is 7.11 Å². The van der Waals surface area contributed by atoms with Gasteiger partial charge in [-0.05, 0) is 66.1 Å². The van der Waals surface area contributed by atoms with Gasteiger partial charge in [-0.15, -0.1) is 0 Å². The number of hydrogen-bond donors (Lipinski definition) is 3. The fraction of sp³-hybridized carbons (Fsp3) is 0.185. The van der Waals surface area contributed by atoms with Gasteiger partial charge >= 0.3 is 0 Å². The zero-order valence-corrected chi connectivity index (χ0v) is 20.4. The highest BCUT2D eigenvalue weighted by Gasteiger charge is 2.21. The van der Waals surface area contributed by atoms with Crippen LogP contribution in [0.4, 0.5) is 0 Å². The second-order valence-electron chi connectivity index (χ2n) is 7.96. The first kappa shape index (κ1) is 23.7. The number of ether oxygens (including phenoxy) is 1. The molecular weight excluding hydrogens is 494 g/mol. The topological polar surface area (TPSA) is 79.5 Å². The predicted octanol–water partition coefficient (Wildman–Crippen LogP) is 4.23. The summed E-state index contributed by atoms with van der Waals surface area (Å²) in [6.45, 7) is 1.26. The van der Waals surface area contributed by atoms with E-state index in [0.29, 0.717) is 17.9 Å². The van der Waals surface area contributed by atoms with Gasteiger partial charge in [0.25, 0.3) is 11.8 Å². The van der Waals surface area contributed by atoms with Crippen LogP contribution >= 0.6 is 15.9 Å². The molecule has 174 valence electrons. The fourth-order valence-corrected chi connectivity index (χ4v) is 4.31. The Kier molecular flexibility index (Phi) is 7.77. The highest BCUT2D eigenvalue weighted by molar-refractivity contribution is 9.10. The molecule has 1 aliphatic heterocycles. The maximum atomic E-state index is 13.2. The third-order valence-corrected chi connectivity index (χ3v) is 6.18. The zero-order valence-electron chi connectivity index (χ0n) is 18.8. The predicted molar refractivity (Wildman–Crippen MR) is 136 cm³/mol. The van der Waals surface area contributed by atoms with Crippen molar-refractivity contribution in [3.63, 3.8) is 0 Å². The van der Waals surface area contributed by atoms with E-state index in [0.717, 1.165) is 23.0 Å². The van der Waals surface area contributed by atoms with Gasteiger partial charge in [0.1, 0.15) is 11.4 Å². The van der Waals surface area contributed by atoms with Gasteiger partial charge in [0.15, 0.2) is 0 Å². The molecule has 0 spiro atoms. The highest BCUT2D eigenvalue weighted by Crippen LogP contribution is 2.22. The van der Waals surface area contributed by atoms with E-state index in [1.165, 1.54) is 11.1 Å². The lowest BCUT2D eigenvalue weighted by Crippen LogP contribution is -2.41. The fourth-order valence-electron chi connectivity index (χ4n) is 3.91. The molecule has 4 rings (SSSR count). The Balaban J connectivity index is 1.53. The van der Waals surface area contributed by atoms with E-state index in [-0.39, 0.29) is 23.6 Å². The van der Waals surface area contributed by atoms with Crippen LogP contribution in [0, 0.1) is 0 Å².